The van der Waals surface area contributed by atoms with E-state index in [9.17, 15) is 9.59 Å². The third-order valence-corrected chi connectivity index (χ3v) is 2.85. The van der Waals surface area contributed by atoms with Crippen LogP contribution in [0.3, 0.4) is 0 Å². The lowest BCUT2D eigenvalue weighted by Gasteiger charge is -2.17. The Bertz CT molecular complexity index is 264. The second-order valence-corrected chi connectivity index (χ2v) is 7.13. The fraction of sp³-hybridized carbons (Fsp3) is 0.867. The molecular formula is C15H28O2. The molecule has 0 spiro atoms. The number of rotatable bonds is 6. The van der Waals surface area contributed by atoms with Gasteiger partial charge in [0.2, 0.25) is 0 Å². The predicted molar refractivity (Wildman–Crippen MR) is 72.0 cm³/mol. The SMILES string of the molecule is CC(C)(C)CCCC(=O)CCC(=O)C(C)(C)C. The van der Waals surface area contributed by atoms with Crippen molar-refractivity contribution < 1.29 is 9.59 Å². The molecule has 0 fully saturated rings. The van der Waals surface area contributed by atoms with Crippen LogP contribution in [0.5, 0.6) is 0 Å². The van der Waals surface area contributed by atoms with Gasteiger partial charge in [-0.15, -0.1) is 0 Å². The van der Waals surface area contributed by atoms with Crippen LogP contribution < -0.4 is 0 Å². The molecule has 0 bridgehead atoms. The number of carbonyl (C=O) groups is 2. The van der Waals surface area contributed by atoms with Crippen LogP contribution in [0, 0.1) is 10.8 Å². The van der Waals surface area contributed by atoms with Gasteiger partial charge in [-0.1, -0.05) is 41.5 Å². The van der Waals surface area contributed by atoms with Crippen molar-refractivity contribution in [2.45, 2.75) is 73.6 Å². The van der Waals surface area contributed by atoms with Gasteiger partial charge in [-0.2, -0.15) is 0 Å². The van der Waals surface area contributed by atoms with Gasteiger partial charge >= 0.3 is 0 Å². The van der Waals surface area contributed by atoms with Gasteiger partial charge in [-0.25, -0.2) is 0 Å². The van der Waals surface area contributed by atoms with Crippen molar-refractivity contribution in [1.82, 2.24) is 0 Å². The highest BCUT2D eigenvalue weighted by atomic mass is 16.1. The summed E-state index contributed by atoms with van der Waals surface area (Å²) in [6.07, 6.45) is 3.44. The van der Waals surface area contributed by atoms with Crippen LogP contribution in [-0.4, -0.2) is 11.6 Å². The van der Waals surface area contributed by atoms with Gasteiger partial charge < -0.3 is 0 Å². The molecule has 0 atom stereocenters. The van der Waals surface area contributed by atoms with Gasteiger partial charge in [-0.3, -0.25) is 9.59 Å². The Hall–Kier alpha value is -0.660. The van der Waals surface area contributed by atoms with E-state index in [0.29, 0.717) is 24.7 Å². The van der Waals surface area contributed by atoms with Gasteiger partial charge in [0.1, 0.15) is 11.6 Å². The molecule has 0 saturated carbocycles. The average Bonchev–Trinajstić information content (AvgIpc) is 2.10. The molecule has 0 aliphatic rings. The van der Waals surface area contributed by atoms with Crippen molar-refractivity contribution in [3.63, 3.8) is 0 Å². The second kappa shape index (κ2) is 6.32. The highest BCUT2D eigenvalue weighted by Gasteiger charge is 2.21. The molecule has 2 heteroatoms. The minimum atomic E-state index is -0.314. The van der Waals surface area contributed by atoms with Crippen molar-refractivity contribution in [3.05, 3.63) is 0 Å². The third kappa shape index (κ3) is 9.08. The molecule has 0 aromatic rings. The Morgan fingerprint density at radius 3 is 1.76 bits per heavy atom. The molecule has 0 radical (unpaired) electrons. The van der Waals surface area contributed by atoms with E-state index in [4.69, 9.17) is 0 Å². The highest BCUT2D eigenvalue weighted by molar-refractivity contribution is 5.88. The summed E-state index contributed by atoms with van der Waals surface area (Å²) in [5.41, 5.74) is -0.0206. The van der Waals surface area contributed by atoms with Crippen LogP contribution in [0.25, 0.3) is 0 Å². The number of carbonyl (C=O) groups excluding carboxylic acids is 2. The standard InChI is InChI=1S/C15H28O2/c1-14(2,3)11-7-8-12(16)9-10-13(17)15(4,5)6/h7-11H2,1-6H3. The molecule has 100 valence electrons. The summed E-state index contributed by atoms with van der Waals surface area (Å²) < 4.78 is 0. The monoisotopic (exact) mass is 240 g/mol. The van der Waals surface area contributed by atoms with E-state index in [1.54, 1.807) is 0 Å². The van der Waals surface area contributed by atoms with E-state index in [0.717, 1.165) is 12.8 Å². The summed E-state index contributed by atoms with van der Waals surface area (Å²) in [4.78, 5) is 23.3. The quantitative estimate of drug-likeness (QED) is 0.698. The summed E-state index contributed by atoms with van der Waals surface area (Å²) in [5.74, 6) is 0.411. The van der Waals surface area contributed by atoms with Crippen molar-refractivity contribution in [2.24, 2.45) is 10.8 Å². The predicted octanol–water partition coefficient (Wildman–Crippen LogP) is 4.17. The zero-order chi connectivity index (χ0) is 13.7. The fourth-order valence-electron chi connectivity index (χ4n) is 1.57. The molecule has 0 aliphatic carbocycles. The Morgan fingerprint density at radius 1 is 0.824 bits per heavy atom. The summed E-state index contributed by atoms with van der Waals surface area (Å²) in [6, 6.07) is 0. The maximum atomic E-state index is 11.6. The summed E-state index contributed by atoms with van der Waals surface area (Å²) in [5, 5.41) is 0. The van der Waals surface area contributed by atoms with Crippen LogP contribution >= 0.6 is 0 Å². The van der Waals surface area contributed by atoms with Crippen LogP contribution in [0.15, 0.2) is 0 Å². The second-order valence-electron chi connectivity index (χ2n) is 7.13. The lowest BCUT2D eigenvalue weighted by molar-refractivity contribution is -0.129. The minimum Gasteiger partial charge on any atom is -0.300 e. The van der Waals surface area contributed by atoms with E-state index < -0.39 is 0 Å². The number of Topliss-reactive ketones (excluding diaryl/α,β-unsaturated/α-hetero) is 2. The van der Waals surface area contributed by atoms with Gasteiger partial charge in [-0.05, 0) is 18.3 Å². The zero-order valence-electron chi connectivity index (χ0n) is 12.4. The molecule has 0 aromatic heterocycles. The molecule has 0 unspecified atom stereocenters. The maximum absolute atomic E-state index is 11.6. The third-order valence-electron chi connectivity index (χ3n) is 2.85. The van der Waals surface area contributed by atoms with E-state index in [2.05, 4.69) is 20.8 Å². The first-order chi connectivity index (χ1) is 7.52. The Morgan fingerprint density at radius 2 is 1.35 bits per heavy atom. The van der Waals surface area contributed by atoms with Gasteiger partial charge in [0.25, 0.3) is 0 Å². The van der Waals surface area contributed by atoms with Crippen LogP contribution in [0.4, 0.5) is 0 Å². The molecule has 0 aliphatic heterocycles. The largest absolute Gasteiger partial charge is 0.300 e. The van der Waals surface area contributed by atoms with Crippen molar-refractivity contribution in [1.29, 1.82) is 0 Å². The molecule has 0 heterocycles. The van der Waals surface area contributed by atoms with Gasteiger partial charge in [0.05, 0.1) is 0 Å². The minimum absolute atomic E-state index is 0.182. The van der Waals surface area contributed by atoms with Crippen molar-refractivity contribution in [2.75, 3.05) is 0 Å². The molecule has 0 amide bonds. The molecule has 2 nitrogen and oxygen atoms in total. The summed E-state index contributed by atoms with van der Waals surface area (Å²) >= 11 is 0. The van der Waals surface area contributed by atoms with E-state index >= 15 is 0 Å². The van der Waals surface area contributed by atoms with Gasteiger partial charge in [0, 0.05) is 24.7 Å². The van der Waals surface area contributed by atoms with E-state index in [1.807, 2.05) is 20.8 Å². The van der Waals surface area contributed by atoms with Crippen LogP contribution in [0.2, 0.25) is 0 Å². The molecule has 0 N–H and O–H groups in total. The Labute approximate surface area is 106 Å². The first-order valence-corrected chi connectivity index (χ1v) is 6.57. The molecule has 0 rings (SSSR count). The molecular weight excluding hydrogens is 212 g/mol. The zero-order valence-corrected chi connectivity index (χ0v) is 12.4. The van der Waals surface area contributed by atoms with Crippen LogP contribution in [-0.2, 0) is 9.59 Å². The number of ketones is 2. The summed E-state index contributed by atoms with van der Waals surface area (Å²) in [6.45, 7) is 12.3. The Balaban J connectivity index is 3.79. The lowest BCUT2D eigenvalue weighted by Crippen LogP contribution is -2.20. The topological polar surface area (TPSA) is 34.1 Å². The van der Waals surface area contributed by atoms with Gasteiger partial charge in [0.15, 0.2) is 0 Å². The van der Waals surface area contributed by atoms with Crippen LogP contribution in [0.1, 0.15) is 73.6 Å². The molecule has 0 aromatic carbocycles. The summed E-state index contributed by atoms with van der Waals surface area (Å²) in [7, 11) is 0. The normalized spacial score (nSPS) is 12.6. The number of hydrogen-bond donors (Lipinski definition) is 0. The first kappa shape index (κ1) is 16.3. The number of hydrogen-bond acceptors (Lipinski definition) is 2. The Kier molecular flexibility index (Phi) is 6.08. The maximum Gasteiger partial charge on any atom is 0.138 e. The van der Waals surface area contributed by atoms with Crippen molar-refractivity contribution in [3.8, 4) is 0 Å². The molecule has 17 heavy (non-hydrogen) atoms. The smallest absolute Gasteiger partial charge is 0.138 e. The first-order valence-electron chi connectivity index (χ1n) is 6.57. The van der Waals surface area contributed by atoms with E-state index in [-0.39, 0.29) is 17.0 Å². The lowest BCUT2D eigenvalue weighted by atomic mass is 9.86. The molecule has 0 saturated heterocycles. The fourth-order valence-corrected chi connectivity index (χ4v) is 1.57. The highest BCUT2D eigenvalue weighted by Crippen LogP contribution is 2.22. The van der Waals surface area contributed by atoms with Crippen molar-refractivity contribution >= 4 is 11.6 Å². The average molecular weight is 240 g/mol. The van der Waals surface area contributed by atoms with E-state index in [1.165, 1.54) is 0 Å².